The SMILES string of the molecule is COc1cccc2c1c(C(C)N)cn2C(C)C. The first-order valence-electron chi connectivity index (χ1n) is 5.99. The van der Waals surface area contributed by atoms with Crippen LogP contribution in [0.15, 0.2) is 24.4 Å². The van der Waals surface area contributed by atoms with Crippen LogP contribution in [-0.2, 0) is 0 Å². The highest BCUT2D eigenvalue weighted by atomic mass is 16.5. The van der Waals surface area contributed by atoms with Crippen molar-refractivity contribution in [1.82, 2.24) is 4.57 Å². The van der Waals surface area contributed by atoms with E-state index in [1.807, 2.05) is 19.1 Å². The van der Waals surface area contributed by atoms with E-state index in [1.54, 1.807) is 7.11 Å². The van der Waals surface area contributed by atoms with Crippen molar-refractivity contribution in [3.8, 4) is 5.75 Å². The molecule has 17 heavy (non-hydrogen) atoms. The lowest BCUT2D eigenvalue weighted by Crippen LogP contribution is -2.04. The van der Waals surface area contributed by atoms with Crippen LogP contribution in [0.1, 0.15) is 38.4 Å². The summed E-state index contributed by atoms with van der Waals surface area (Å²) in [7, 11) is 1.70. The number of hydrogen-bond donors (Lipinski definition) is 1. The van der Waals surface area contributed by atoms with Gasteiger partial charge < -0.3 is 15.0 Å². The molecule has 0 bridgehead atoms. The van der Waals surface area contributed by atoms with Gasteiger partial charge in [0.1, 0.15) is 5.75 Å². The van der Waals surface area contributed by atoms with Crippen molar-refractivity contribution in [2.75, 3.05) is 7.11 Å². The molecule has 0 saturated carbocycles. The minimum atomic E-state index is 0.00815. The second-order valence-electron chi connectivity index (χ2n) is 4.73. The zero-order valence-corrected chi connectivity index (χ0v) is 10.9. The van der Waals surface area contributed by atoms with Crippen LogP contribution in [-0.4, -0.2) is 11.7 Å². The standard InChI is InChI=1S/C14H20N2O/c1-9(2)16-8-11(10(3)15)14-12(16)6-5-7-13(14)17-4/h5-10H,15H2,1-4H3. The van der Waals surface area contributed by atoms with Crippen molar-refractivity contribution in [2.45, 2.75) is 32.9 Å². The molecule has 1 aromatic heterocycles. The molecule has 1 heterocycles. The number of fused-ring (bicyclic) bond motifs is 1. The molecule has 3 heteroatoms. The molecule has 0 aliphatic heterocycles. The lowest BCUT2D eigenvalue weighted by molar-refractivity contribution is 0.419. The fourth-order valence-corrected chi connectivity index (χ4v) is 2.25. The molecule has 3 nitrogen and oxygen atoms in total. The van der Waals surface area contributed by atoms with E-state index in [0.29, 0.717) is 6.04 Å². The van der Waals surface area contributed by atoms with Gasteiger partial charge in [-0.25, -0.2) is 0 Å². The average molecular weight is 232 g/mol. The Hall–Kier alpha value is -1.48. The number of ether oxygens (including phenoxy) is 1. The highest BCUT2D eigenvalue weighted by Gasteiger charge is 2.16. The van der Waals surface area contributed by atoms with Crippen molar-refractivity contribution >= 4 is 10.9 Å². The zero-order chi connectivity index (χ0) is 12.6. The minimum absolute atomic E-state index is 0.00815. The summed E-state index contributed by atoms with van der Waals surface area (Å²) in [5, 5.41) is 1.14. The van der Waals surface area contributed by atoms with Crippen LogP contribution < -0.4 is 10.5 Å². The van der Waals surface area contributed by atoms with Gasteiger partial charge in [-0.15, -0.1) is 0 Å². The van der Waals surface area contributed by atoms with E-state index in [0.717, 1.165) is 16.7 Å². The van der Waals surface area contributed by atoms with Gasteiger partial charge in [-0.3, -0.25) is 0 Å². The number of methoxy groups -OCH3 is 1. The van der Waals surface area contributed by atoms with Crippen LogP contribution in [0, 0.1) is 0 Å². The molecule has 2 aromatic rings. The van der Waals surface area contributed by atoms with Crippen LogP contribution >= 0.6 is 0 Å². The molecule has 1 aromatic carbocycles. The number of nitrogens with two attached hydrogens (primary N) is 1. The number of rotatable bonds is 3. The third-order valence-electron chi connectivity index (χ3n) is 3.12. The largest absolute Gasteiger partial charge is 0.496 e. The van der Waals surface area contributed by atoms with Gasteiger partial charge >= 0.3 is 0 Å². The van der Waals surface area contributed by atoms with Gasteiger partial charge in [0.15, 0.2) is 0 Å². The molecule has 0 fully saturated rings. The first-order valence-corrected chi connectivity index (χ1v) is 5.99. The van der Waals surface area contributed by atoms with E-state index < -0.39 is 0 Å². The van der Waals surface area contributed by atoms with Gasteiger partial charge in [-0.1, -0.05) is 6.07 Å². The molecule has 0 aliphatic rings. The molecule has 0 aliphatic carbocycles. The summed E-state index contributed by atoms with van der Waals surface area (Å²) in [5.74, 6) is 0.897. The summed E-state index contributed by atoms with van der Waals surface area (Å²) in [5.41, 5.74) is 8.38. The lowest BCUT2D eigenvalue weighted by atomic mass is 10.1. The van der Waals surface area contributed by atoms with E-state index in [-0.39, 0.29) is 6.04 Å². The smallest absolute Gasteiger partial charge is 0.128 e. The maximum Gasteiger partial charge on any atom is 0.128 e. The van der Waals surface area contributed by atoms with Gasteiger partial charge in [0.05, 0.1) is 12.6 Å². The number of hydrogen-bond acceptors (Lipinski definition) is 2. The van der Waals surface area contributed by atoms with Gasteiger partial charge in [0, 0.05) is 23.7 Å². The Morgan fingerprint density at radius 2 is 1.94 bits per heavy atom. The van der Waals surface area contributed by atoms with Gasteiger partial charge in [-0.05, 0) is 38.5 Å². The molecule has 0 radical (unpaired) electrons. The normalized spacial score (nSPS) is 13.3. The van der Waals surface area contributed by atoms with E-state index in [1.165, 1.54) is 5.52 Å². The summed E-state index contributed by atoms with van der Waals surface area (Å²) in [4.78, 5) is 0. The monoisotopic (exact) mass is 232 g/mol. The van der Waals surface area contributed by atoms with Crippen LogP contribution in [0.4, 0.5) is 0 Å². The predicted octanol–water partition coefficient (Wildman–Crippen LogP) is 3.25. The van der Waals surface area contributed by atoms with Crippen molar-refractivity contribution in [3.63, 3.8) is 0 Å². The topological polar surface area (TPSA) is 40.2 Å². The summed E-state index contributed by atoms with van der Waals surface area (Å²) >= 11 is 0. The first-order chi connectivity index (χ1) is 8.06. The summed E-state index contributed by atoms with van der Waals surface area (Å²) in [6.07, 6.45) is 2.14. The first kappa shape index (κ1) is 12.0. The van der Waals surface area contributed by atoms with Crippen LogP contribution in [0.5, 0.6) is 5.75 Å². The Labute approximate surface area is 102 Å². The molecular weight excluding hydrogens is 212 g/mol. The van der Waals surface area contributed by atoms with Gasteiger partial charge in [0.25, 0.3) is 0 Å². The fourth-order valence-electron chi connectivity index (χ4n) is 2.25. The molecule has 0 spiro atoms. The Morgan fingerprint density at radius 1 is 1.24 bits per heavy atom. The predicted molar refractivity (Wildman–Crippen MR) is 71.5 cm³/mol. The molecule has 92 valence electrons. The highest BCUT2D eigenvalue weighted by molar-refractivity contribution is 5.90. The highest BCUT2D eigenvalue weighted by Crippen LogP contribution is 2.34. The van der Waals surface area contributed by atoms with Crippen LogP contribution in [0.25, 0.3) is 10.9 Å². The Bertz CT molecular complexity index is 526. The van der Waals surface area contributed by atoms with Crippen molar-refractivity contribution < 1.29 is 4.74 Å². The van der Waals surface area contributed by atoms with Crippen LogP contribution in [0.3, 0.4) is 0 Å². The van der Waals surface area contributed by atoms with E-state index in [4.69, 9.17) is 10.5 Å². The maximum absolute atomic E-state index is 6.05. The average Bonchev–Trinajstić information content (AvgIpc) is 2.68. The second-order valence-corrected chi connectivity index (χ2v) is 4.73. The fraction of sp³-hybridized carbons (Fsp3) is 0.429. The van der Waals surface area contributed by atoms with E-state index >= 15 is 0 Å². The van der Waals surface area contributed by atoms with Crippen LogP contribution in [0.2, 0.25) is 0 Å². The second kappa shape index (κ2) is 4.41. The minimum Gasteiger partial charge on any atom is -0.496 e. The molecule has 1 atom stereocenters. The third-order valence-corrected chi connectivity index (χ3v) is 3.12. The van der Waals surface area contributed by atoms with Crippen molar-refractivity contribution in [1.29, 1.82) is 0 Å². The number of benzene rings is 1. The number of aromatic nitrogens is 1. The molecule has 1 unspecified atom stereocenters. The molecule has 0 saturated heterocycles. The summed E-state index contributed by atoms with van der Waals surface area (Å²) in [6, 6.07) is 6.54. The van der Waals surface area contributed by atoms with Gasteiger partial charge in [-0.2, -0.15) is 0 Å². The Kier molecular flexibility index (Phi) is 3.11. The zero-order valence-electron chi connectivity index (χ0n) is 10.9. The quantitative estimate of drug-likeness (QED) is 0.882. The van der Waals surface area contributed by atoms with E-state index in [2.05, 4.69) is 30.7 Å². The van der Waals surface area contributed by atoms with Crippen molar-refractivity contribution in [2.24, 2.45) is 5.73 Å². The summed E-state index contributed by atoms with van der Waals surface area (Å²) in [6.45, 7) is 6.35. The molecule has 2 rings (SSSR count). The molecular formula is C14H20N2O. The Morgan fingerprint density at radius 3 is 2.47 bits per heavy atom. The lowest BCUT2D eigenvalue weighted by Gasteiger charge is -2.09. The van der Waals surface area contributed by atoms with Crippen molar-refractivity contribution in [3.05, 3.63) is 30.0 Å². The molecule has 0 amide bonds. The van der Waals surface area contributed by atoms with E-state index in [9.17, 15) is 0 Å². The maximum atomic E-state index is 6.05. The third kappa shape index (κ3) is 1.91. The summed E-state index contributed by atoms with van der Waals surface area (Å²) < 4.78 is 7.69. The number of nitrogens with zero attached hydrogens (tertiary/aromatic N) is 1. The Balaban J connectivity index is 2.81. The van der Waals surface area contributed by atoms with Gasteiger partial charge in [0.2, 0.25) is 0 Å². The molecule has 2 N–H and O–H groups in total.